The lowest BCUT2D eigenvalue weighted by Gasteiger charge is -2.10. The number of rotatable bonds is 1. The topological polar surface area (TPSA) is 49.7 Å². The largest absolute Gasteiger partial charge is 0.400 e. The lowest BCUT2D eigenvalue weighted by Crippen LogP contribution is -2.24. The minimum atomic E-state index is -2.76. The fourth-order valence-corrected chi connectivity index (χ4v) is 1.01. The van der Waals surface area contributed by atoms with Crippen LogP contribution in [0, 0.1) is 0 Å². The third kappa shape index (κ3) is 4.83. The highest BCUT2D eigenvalue weighted by atomic mass is 19.3. The quantitative estimate of drug-likeness (QED) is 0.694. The second-order valence-electron chi connectivity index (χ2n) is 2.55. The molecular weight excluding hydrogens is 194 g/mol. The predicted octanol–water partition coefficient (Wildman–Crippen LogP) is 1.43. The van der Waals surface area contributed by atoms with Crippen molar-refractivity contribution in [2.75, 3.05) is 13.7 Å². The lowest BCUT2D eigenvalue weighted by atomic mass is 10.1. The summed E-state index contributed by atoms with van der Waals surface area (Å²) in [5, 5.41) is 15.5. The van der Waals surface area contributed by atoms with E-state index in [1.54, 1.807) is 0 Å². The van der Waals surface area contributed by atoms with Gasteiger partial charge in [0.1, 0.15) is 6.10 Å². The van der Waals surface area contributed by atoms with Crippen molar-refractivity contribution in [2.24, 2.45) is 0 Å². The van der Waals surface area contributed by atoms with E-state index in [0.717, 1.165) is 7.11 Å². The normalized spacial score (nSPS) is 28.3. The zero-order valence-corrected chi connectivity index (χ0v) is 9.13. The molecule has 0 aromatic rings. The lowest BCUT2D eigenvalue weighted by molar-refractivity contribution is -0.0676. The van der Waals surface area contributed by atoms with E-state index >= 15 is 0 Å². The molecule has 1 aliphatic rings. The first-order chi connectivity index (χ1) is 6.56. The van der Waals surface area contributed by atoms with Crippen molar-refractivity contribution in [3.63, 3.8) is 0 Å². The van der Waals surface area contributed by atoms with Gasteiger partial charge in [0.05, 0.1) is 12.7 Å². The molecule has 1 heterocycles. The Balaban J connectivity index is 0. The Labute approximate surface area is 83.7 Å². The monoisotopic (exact) mass is 214 g/mol. The van der Waals surface area contributed by atoms with Crippen LogP contribution >= 0.6 is 0 Å². The summed E-state index contributed by atoms with van der Waals surface area (Å²) >= 11 is 0. The molecule has 0 aromatic heterocycles. The zero-order valence-electron chi connectivity index (χ0n) is 9.13. The second-order valence-corrected chi connectivity index (χ2v) is 2.55. The van der Waals surface area contributed by atoms with E-state index in [9.17, 15) is 8.78 Å². The molecule has 0 bridgehead atoms. The number of ether oxygens (including phenoxy) is 1. The Kier molecular flexibility index (Phi) is 9.34. The molecule has 1 saturated heterocycles. The Bertz CT molecular complexity index is 131. The maximum Gasteiger partial charge on any atom is 0.276 e. The van der Waals surface area contributed by atoms with Gasteiger partial charge in [-0.05, 0) is 6.92 Å². The van der Waals surface area contributed by atoms with Crippen molar-refractivity contribution in [3.05, 3.63) is 0 Å². The third-order valence-corrected chi connectivity index (χ3v) is 1.69. The van der Waals surface area contributed by atoms with Gasteiger partial charge in [0.2, 0.25) is 0 Å². The van der Waals surface area contributed by atoms with Crippen molar-refractivity contribution in [1.82, 2.24) is 0 Å². The molecule has 0 radical (unpaired) electrons. The van der Waals surface area contributed by atoms with Crippen LogP contribution in [-0.2, 0) is 4.74 Å². The molecule has 5 heteroatoms. The van der Waals surface area contributed by atoms with E-state index in [0.29, 0.717) is 0 Å². The summed E-state index contributed by atoms with van der Waals surface area (Å²) in [6.07, 6.45) is -2.08. The van der Waals surface area contributed by atoms with Crippen LogP contribution in [0.5, 0.6) is 0 Å². The number of alkyl halides is 2. The van der Waals surface area contributed by atoms with Crippen LogP contribution in [0.3, 0.4) is 0 Å². The highest BCUT2D eigenvalue weighted by molar-refractivity contribution is 4.85. The minimum Gasteiger partial charge on any atom is -0.400 e. The van der Waals surface area contributed by atoms with Crippen LogP contribution in [0.25, 0.3) is 0 Å². The molecular formula is C9H20F2O3. The molecule has 88 valence electrons. The van der Waals surface area contributed by atoms with Crippen molar-refractivity contribution in [1.29, 1.82) is 0 Å². The number of aliphatic hydroxyl groups excluding tert-OH is 2. The van der Waals surface area contributed by atoms with Gasteiger partial charge in [-0.2, -0.15) is 0 Å². The van der Waals surface area contributed by atoms with E-state index in [4.69, 9.17) is 14.9 Å². The van der Waals surface area contributed by atoms with Gasteiger partial charge in [-0.3, -0.25) is 0 Å². The summed E-state index contributed by atoms with van der Waals surface area (Å²) in [6, 6.07) is 0. The van der Waals surface area contributed by atoms with E-state index in [1.807, 2.05) is 13.8 Å². The molecule has 2 atom stereocenters. The SMILES string of the molecule is CC.CC1OC(CO)CC1(F)F.CO. The van der Waals surface area contributed by atoms with Gasteiger partial charge >= 0.3 is 0 Å². The molecule has 0 aliphatic carbocycles. The number of hydrogen-bond acceptors (Lipinski definition) is 3. The molecule has 0 spiro atoms. The first-order valence-corrected chi connectivity index (χ1v) is 4.65. The van der Waals surface area contributed by atoms with Crippen LogP contribution in [0.2, 0.25) is 0 Å². The standard InChI is InChI=1S/C6H10F2O2.C2H6.CH4O/c1-4-6(7,8)2-5(3-9)10-4;2*1-2/h4-5,9H,2-3H2,1H3;1-2H3;2H,1H3. The smallest absolute Gasteiger partial charge is 0.276 e. The summed E-state index contributed by atoms with van der Waals surface area (Å²) in [5.41, 5.74) is 0. The van der Waals surface area contributed by atoms with Gasteiger partial charge in [-0.25, -0.2) is 8.78 Å². The first kappa shape index (κ1) is 16.2. The van der Waals surface area contributed by atoms with E-state index in [1.165, 1.54) is 6.92 Å². The Morgan fingerprint density at radius 1 is 1.36 bits per heavy atom. The molecule has 0 amide bonds. The van der Waals surface area contributed by atoms with Crippen LogP contribution < -0.4 is 0 Å². The predicted molar refractivity (Wildman–Crippen MR) is 50.5 cm³/mol. The molecule has 2 unspecified atom stereocenters. The van der Waals surface area contributed by atoms with Gasteiger partial charge in [-0.15, -0.1) is 0 Å². The zero-order chi connectivity index (χ0) is 11.8. The number of halogens is 2. The number of aliphatic hydroxyl groups is 2. The highest BCUT2D eigenvalue weighted by Gasteiger charge is 2.47. The van der Waals surface area contributed by atoms with E-state index in [-0.39, 0.29) is 13.0 Å². The Morgan fingerprint density at radius 3 is 1.93 bits per heavy atom. The summed E-state index contributed by atoms with van der Waals surface area (Å²) in [6.45, 7) is 5.00. The van der Waals surface area contributed by atoms with Gasteiger partial charge < -0.3 is 14.9 Å². The maximum absolute atomic E-state index is 12.5. The van der Waals surface area contributed by atoms with Crippen LogP contribution in [0.15, 0.2) is 0 Å². The average molecular weight is 214 g/mol. The molecule has 3 nitrogen and oxygen atoms in total. The summed E-state index contributed by atoms with van der Waals surface area (Å²) < 4.78 is 29.8. The van der Waals surface area contributed by atoms with Crippen LogP contribution in [-0.4, -0.2) is 42.1 Å². The molecule has 1 fully saturated rings. The molecule has 14 heavy (non-hydrogen) atoms. The molecule has 2 N–H and O–H groups in total. The molecule has 1 aliphatic heterocycles. The third-order valence-electron chi connectivity index (χ3n) is 1.69. The average Bonchev–Trinajstić information content (AvgIpc) is 2.47. The van der Waals surface area contributed by atoms with Crippen molar-refractivity contribution in [2.45, 2.75) is 45.3 Å². The van der Waals surface area contributed by atoms with Gasteiger partial charge in [-0.1, -0.05) is 13.8 Å². The van der Waals surface area contributed by atoms with Gasteiger partial charge in [0.15, 0.2) is 0 Å². The van der Waals surface area contributed by atoms with Crippen molar-refractivity contribution >= 4 is 0 Å². The van der Waals surface area contributed by atoms with E-state index in [2.05, 4.69) is 0 Å². The van der Waals surface area contributed by atoms with Crippen LogP contribution in [0.4, 0.5) is 8.78 Å². The second kappa shape index (κ2) is 8.08. The summed E-state index contributed by atoms with van der Waals surface area (Å²) in [4.78, 5) is 0. The highest BCUT2D eigenvalue weighted by Crippen LogP contribution is 2.34. The summed E-state index contributed by atoms with van der Waals surface area (Å²) in [7, 11) is 1.00. The van der Waals surface area contributed by atoms with Crippen molar-refractivity contribution < 1.29 is 23.7 Å². The molecule has 1 rings (SSSR count). The molecule has 0 saturated carbocycles. The minimum absolute atomic E-state index is 0.320. The number of hydrogen-bond donors (Lipinski definition) is 2. The van der Waals surface area contributed by atoms with Crippen LogP contribution in [0.1, 0.15) is 27.2 Å². The van der Waals surface area contributed by atoms with Crippen molar-refractivity contribution in [3.8, 4) is 0 Å². The Morgan fingerprint density at radius 2 is 1.79 bits per heavy atom. The maximum atomic E-state index is 12.5. The summed E-state index contributed by atoms with van der Waals surface area (Å²) in [5.74, 6) is -2.76. The fourth-order valence-electron chi connectivity index (χ4n) is 1.01. The molecule has 0 aromatic carbocycles. The van der Waals surface area contributed by atoms with Gasteiger partial charge in [0, 0.05) is 13.5 Å². The first-order valence-electron chi connectivity index (χ1n) is 4.65. The van der Waals surface area contributed by atoms with Gasteiger partial charge in [0.25, 0.3) is 5.92 Å². The fraction of sp³-hybridized carbons (Fsp3) is 1.00. The Hall–Kier alpha value is -0.260. The van der Waals surface area contributed by atoms with E-state index < -0.39 is 18.1 Å².